The second kappa shape index (κ2) is 5.67. The minimum Gasteiger partial charge on any atom is -0.380 e. The summed E-state index contributed by atoms with van der Waals surface area (Å²) in [6.45, 7) is 5.30. The first-order valence-electron chi connectivity index (χ1n) is 7.72. The molecule has 21 heavy (non-hydrogen) atoms. The zero-order chi connectivity index (χ0) is 14.9. The summed E-state index contributed by atoms with van der Waals surface area (Å²) in [6, 6.07) is 0.793. The molecule has 1 amide bonds. The highest BCUT2D eigenvalue weighted by Crippen LogP contribution is 2.26. The van der Waals surface area contributed by atoms with Gasteiger partial charge in [-0.3, -0.25) is 9.48 Å². The van der Waals surface area contributed by atoms with Crippen molar-refractivity contribution in [2.45, 2.75) is 63.8 Å². The molecule has 0 aromatic carbocycles. The van der Waals surface area contributed by atoms with Crippen LogP contribution < -0.4 is 10.6 Å². The maximum absolute atomic E-state index is 11.7. The number of aromatic nitrogens is 2. The summed E-state index contributed by atoms with van der Waals surface area (Å²) in [7, 11) is 0. The molecule has 1 aromatic heterocycles. The van der Waals surface area contributed by atoms with Crippen molar-refractivity contribution in [1.82, 2.24) is 15.1 Å². The monoisotopic (exact) mass is 292 g/mol. The maximum Gasteiger partial charge on any atom is 0.241 e. The van der Waals surface area contributed by atoms with E-state index < -0.39 is 0 Å². The standard InChI is InChI=1S/C15H24N4O2/c1-15(2)7-12(5-6-21-15)17-13-8-16-19(9-13)10-14(20)18-11-3-4-11/h8-9,11-12,17H,3-7,10H2,1-2H3,(H,18,20). The normalized spacial score (nSPS) is 24.6. The number of anilines is 1. The van der Waals surface area contributed by atoms with Crippen molar-refractivity contribution in [2.75, 3.05) is 11.9 Å². The molecule has 0 bridgehead atoms. The Labute approximate surface area is 125 Å². The van der Waals surface area contributed by atoms with Gasteiger partial charge in [0, 0.05) is 24.9 Å². The second-order valence-electron chi connectivity index (χ2n) is 6.71. The average Bonchev–Trinajstić information content (AvgIpc) is 3.08. The summed E-state index contributed by atoms with van der Waals surface area (Å²) in [5.41, 5.74) is 0.896. The van der Waals surface area contributed by atoms with E-state index >= 15 is 0 Å². The highest BCUT2D eigenvalue weighted by molar-refractivity contribution is 5.76. The van der Waals surface area contributed by atoms with Crippen LogP contribution in [0.3, 0.4) is 0 Å². The number of rotatable bonds is 5. The van der Waals surface area contributed by atoms with Gasteiger partial charge in [0.15, 0.2) is 0 Å². The lowest BCUT2D eigenvalue weighted by atomic mass is 9.94. The molecule has 1 saturated carbocycles. The van der Waals surface area contributed by atoms with Crippen molar-refractivity contribution < 1.29 is 9.53 Å². The van der Waals surface area contributed by atoms with Gasteiger partial charge in [0.25, 0.3) is 0 Å². The van der Waals surface area contributed by atoms with Crippen molar-refractivity contribution in [2.24, 2.45) is 0 Å². The molecule has 0 radical (unpaired) electrons. The molecule has 1 atom stereocenters. The van der Waals surface area contributed by atoms with Crippen molar-refractivity contribution >= 4 is 11.6 Å². The van der Waals surface area contributed by atoms with Gasteiger partial charge in [-0.2, -0.15) is 5.10 Å². The number of nitrogens with one attached hydrogen (secondary N) is 2. The molecule has 2 aliphatic rings. The van der Waals surface area contributed by atoms with Gasteiger partial charge in [-0.05, 0) is 39.5 Å². The number of carbonyl (C=O) groups is 1. The van der Waals surface area contributed by atoms with Crippen molar-refractivity contribution in [3.05, 3.63) is 12.4 Å². The molecule has 1 aliphatic carbocycles. The van der Waals surface area contributed by atoms with Crippen molar-refractivity contribution in [1.29, 1.82) is 0 Å². The van der Waals surface area contributed by atoms with E-state index in [4.69, 9.17) is 4.74 Å². The van der Waals surface area contributed by atoms with Crippen LogP contribution in [0.5, 0.6) is 0 Å². The minimum absolute atomic E-state index is 0.0411. The average molecular weight is 292 g/mol. The lowest BCUT2D eigenvalue weighted by molar-refractivity contribution is -0.122. The molecule has 3 rings (SSSR count). The van der Waals surface area contributed by atoms with Crippen LogP contribution in [0.2, 0.25) is 0 Å². The predicted molar refractivity (Wildman–Crippen MR) is 80.1 cm³/mol. The third-order valence-electron chi connectivity index (χ3n) is 3.95. The van der Waals surface area contributed by atoms with Gasteiger partial charge in [0.1, 0.15) is 6.54 Å². The van der Waals surface area contributed by atoms with Gasteiger partial charge >= 0.3 is 0 Å². The fourth-order valence-corrected chi connectivity index (χ4v) is 2.76. The molecule has 116 valence electrons. The summed E-state index contributed by atoms with van der Waals surface area (Å²) >= 11 is 0. The number of carbonyl (C=O) groups excluding carboxylic acids is 1. The first-order valence-corrected chi connectivity index (χ1v) is 7.72. The molecule has 2 heterocycles. The Balaban J connectivity index is 1.51. The first kappa shape index (κ1) is 14.4. The fraction of sp³-hybridized carbons (Fsp3) is 0.733. The molecule has 2 N–H and O–H groups in total. The van der Waals surface area contributed by atoms with Gasteiger partial charge in [-0.25, -0.2) is 0 Å². The smallest absolute Gasteiger partial charge is 0.241 e. The lowest BCUT2D eigenvalue weighted by Crippen LogP contribution is -2.40. The van der Waals surface area contributed by atoms with E-state index in [1.165, 1.54) is 0 Å². The molecule has 1 aliphatic heterocycles. The number of hydrogen-bond acceptors (Lipinski definition) is 4. The van der Waals surface area contributed by atoms with Crippen LogP contribution >= 0.6 is 0 Å². The van der Waals surface area contributed by atoms with Crippen molar-refractivity contribution in [3.63, 3.8) is 0 Å². The third kappa shape index (κ3) is 4.20. The first-order chi connectivity index (χ1) is 10.00. The summed E-state index contributed by atoms with van der Waals surface area (Å²) in [6.07, 6.45) is 7.87. The van der Waals surface area contributed by atoms with Crippen molar-refractivity contribution in [3.8, 4) is 0 Å². The molecule has 6 heteroatoms. The maximum atomic E-state index is 11.7. The van der Waals surface area contributed by atoms with E-state index in [9.17, 15) is 4.79 Å². The Bertz CT molecular complexity index is 508. The third-order valence-corrected chi connectivity index (χ3v) is 3.95. The quantitative estimate of drug-likeness (QED) is 0.863. The van der Waals surface area contributed by atoms with E-state index in [1.807, 2.05) is 6.20 Å². The van der Waals surface area contributed by atoms with Gasteiger partial charge < -0.3 is 15.4 Å². The van der Waals surface area contributed by atoms with Crippen LogP contribution in [0.15, 0.2) is 12.4 Å². The summed E-state index contributed by atoms with van der Waals surface area (Å²) in [5.74, 6) is 0.0411. The highest BCUT2D eigenvalue weighted by Gasteiger charge is 2.29. The number of ether oxygens (including phenoxy) is 1. The molecule has 0 spiro atoms. The molecular formula is C15H24N4O2. The molecule has 1 unspecified atom stereocenters. The Morgan fingerprint density at radius 3 is 2.95 bits per heavy atom. The van der Waals surface area contributed by atoms with Crippen LogP contribution in [0.1, 0.15) is 39.5 Å². The molecule has 1 saturated heterocycles. The van der Waals surface area contributed by atoms with E-state index in [0.717, 1.165) is 38.0 Å². The van der Waals surface area contributed by atoms with Crippen LogP contribution in [0, 0.1) is 0 Å². The molecular weight excluding hydrogens is 268 g/mol. The van der Waals surface area contributed by atoms with Gasteiger partial charge in [0.05, 0.1) is 17.5 Å². The molecule has 6 nitrogen and oxygen atoms in total. The molecule has 2 fully saturated rings. The minimum atomic E-state index is -0.0734. The highest BCUT2D eigenvalue weighted by atomic mass is 16.5. The molecule has 1 aromatic rings. The Morgan fingerprint density at radius 2 is 2.24 bits per heavy atom. The number of hydrogen-bond donors (Lipinski definition) is 2. The fourth-order valence-electron chi connectivity index (χ4n) is 2.76. The van der Waals surface area contributed by atoms with Crippen LogP contribution in [0.4, 0.5) is 5.69 Å². The zero-order valence-corrected chi connectivity index (χ0v) is 12.8. The summed E-state index contributed by atoms with van der Waals surface area (Å²) < 4.78 is 7.41. The van der Waals surface area contributed by atoms with E-state index in [2.05, 4.69) is 29.6 Å². The Morgan fingerprint density at radius 1 is 1.43 bits per heavy atom. The number of nitrogens with zero attached hydrogens (tertiary/aromatic N) is 2. The van der Waals surface area contributed by atoms with Crippen LogP contribution in [-0.4, -0.2) is 40.0 Å². The SMILES string of the molecule is CC1(C)CC(Nc2cnn(CC(=O)NC3CC3)c2)CCO1. The van der Waals surface area contributed by atoms with E-state index in [0.29, 0.717) is 12.1 Å². The number of amides is 1. The lowest BCUT2D eigenvalue weighted by Gasteiger charge is -2.36. The topological polar surface area (TPSA) is 68.2 Å². The van der Waals surface area contributed by atoms with Gasteiger partial charge in [-0.1, -0.05) is 0 Å². The predicted octanol–water partition coefficient (Wildman–Crippen LogP) is 1.53. The Kier molecular flexibility index (Phi) is 3.89. The van der Waals surface area contributed by atoms with Gasteiger partial charge in [-0.15, -0.1) is 0 Å². The van der Waals surface area contributed by atoms with E-state index in [-0.39, 0.29) is 18.1 Å². The Hall–Kier alpha value is -1.56. The van der Waals surface area contributed by atoms with E-state index in [1.54, 1.807) is 10.9 Å². The largest absolute Gasteiger partial charge is 0.380 e. The summed E-state index contributed by atoms with van der Waals surface area (Å²) in [4.78, 5) is 11.7. The second-order valence-corrected chi connectivity index (χ2v) is 6.71. The zero-order valence-electron chi connectivity index (χ0n) is 12.8. The van der Waals surface area contributed by atoms with Crippen LogP contribution in [-0.2, 0) is 16.1 Å². The van der Waals surface area contributed by atoms with Crippen LogP contribution in [0.25, 0.3) is 0 Å². The van der Waals surface area contributed by atoms with Gasteiger partial charge in [0.2, 0.25) is 5.91 Å². The summed E-state index contributed by atoms with van der Waals surface area (Å²) in [5, 5.41) is 10.7.